The number of aryl methyl sites for hydroxylation is 1. The van der Waals surface area contributed by atoms with Crippen LogP contribution in [-0.4, -0.2) is 25.2 Å². The Bertz CT molecular complexity index is 1130. The van der Waals surface area contributed by atoms with Gasteiger partial charge in [0.25, 0.3) is 0 Å². The molecule has 0 saturated carbocycles. The van der Waals surface area contributed by atoms with Gasteiger partial charge in [-0.25, -0.2) is 4.79 Å². The topological polar surface area (TPSA) is 67.8 Å². The van der Waals surface area contributed by atoms with Gasteiger partial charge in [-0.2, -0.15) is 0 Å². The molecule has 0 aromatic heterocycles. The number of anilines is 1. The van der Waals surface area contributed by atoms with Gasteiger partial charge in [-0.3, -0.25) is 0 Å². The van der Waals surface area contributed by atoms with Crippen molar-refractivity contribution >= 4 is 23.3 Å². The van der Waals surface area contributed by atoms with E-state index in [-0.39, 0.29) is 5.75 Å². The highest BCUT2D eigenvalue weighted by molar-refractivity contribution is 6.31. The minimum absolute atomic E-state index is 0.0650. The SMILES string of the molecule is CNc1ccc(C2(c3cc(C)c(Cl)cc3O)OC(=O)c3ccccc32)c(OC)c1. The second-order valence-electron chi connectivity index (χ2n) is 6.90. The lowest BCUT2D eigenvalue weighted by Crippen LogP contribution is -2.30. The van der Waals surface area contributed by atoms with E-state index in [1.807, 2.05) is 44.3 Å². The number of carbonyl (C=O) groups excluding carboxylic acids is 1. The van der Waals surface area contributed by atoms with Crippen LogP contribution in [0, 0.1) is 6.92 Å². The summed E-state index contributed by atoms with van der Waals surface area (Å²) in [6.07, 6.45) is 0. The van der Waals surface area contributed by atoms with E-state index in [0.717, 1.165) is 11.3 Å². The van der Waals surface area contributed by atoms with Gasteiger partial charge in [0, 0.05) is 40.5 Å². The van der Waals surface area contributed by atoms with Crippen molar-refractivity contribution in [2.45, 2.75) is 12.5 Å². The van der Waals surface area contributed by atoms with Crippen LogP contribution in [0.3, 0.4) is 0 Å². The molecular formula is C23H20ClNO4. The van der Waals surface area contributed by atoms with Gasteiger partial charge < -0.3 is 19.9 Å². The van der Waals surface area contributed by atoms with Crippen LogP contribution in [0.15, 0.2) is 54.6 Å². The van der Waals surface area contributed by atoms with Crippen LogP contribution in [0.5, 0.6) is 11.5 Å². The zero-order chi connectivity index (χ0) is 20.8. The average molecular weight is 410 g/mol. The fourth-order valence-electron chi connectivity index (χ4n) is 3.85. The van der Waals surface area contributed by atoms with Crippen LogP contribution < -0.4 is 10.1 Å². The van der Waals surface area contributed by atoms with E-state index in [0.29, 0.717) is 33.0 Å². The molecule has 4 rings (SSSR count). The minimum atomic E-state index is -1.37. The number of nitrogens with one attached hydrogen (secondary N) is 1. The Morgan fingerprint density at radius 2 is 1.83 bits per heavy atom. The third kappa shape index (κ3) is 2.81. The molecule has 0 bridgehead atoms. The Kier molecular flexibility index (Phi) is 4.63. The summed E-state index contributed by atoms with van der Waals surface area (Å²) in [7, 11) is 3.37. The normalized spacial score (nSPS) is 17.6. The number of cyclic esters (lactones) is 1. The average Bonchev–Trinajstić information content (AvgIpc) is 3.03. The van der Waals surface area contributed by atoms with E-state index in [4.69, 9.17) is 21.1 Å². The van der Waals surface area contributed by atoms with E-state index in [9.17, 15) is 9.90 Å². The van der Waals surface area contributed by atoms with Crippen molar-refractivity contribution in [3.8, 4) is 11.5 Å². The minimum Gasteiger partial charge on any atom is -0.507 e. The third-order valence-corrected chi connectivity index (χ3v) is 5.71. The van der Waals surface area contributed by atoms with Crippen molar-refractivity contribution < 1.29 is 19.4 Å². The molecule has 1 atom stereocenters. The molecule has 0 saturated heterocycles. The Hall–Kier alpha value is -3.18. The number of rotatable bonds is 4. The van der Waals surface area contributed by atoms with Gasteiger partial charge in [0.2, 0.25) is 0 Å². The summed E-state index contributed by atoms with van der Waals surface area (Å²) in [5, 5.41) is 14.4. The van der Waals surface area contributed by atoms with Gasteiger partial charge in [-0.15, -0.1) is 0 Å². The molecule has 1 heterocycles. The highest BCUT2D eigenvalue weighted by atomic mass is 35.5. The first kappa shape index (κ1) is 19.2. The highest BCUT2D eigenvalue weighted by Crippen LogP contribution is 2.52. The summed E-state index contributed by atoms with van der Waals surface area (Å²) in [5.74, 6) is -0.00875. The zero-order valence-electron chi connectivity index (χ0n) is 16.2. The molecule has 0 aliphatic carbocycles. The van der Waals surface area contributed by atoms with Gasteiger partial charge in [-0.1, -0.05) is 29.8 Å². The van der Waals surface area contributed by atoms with Crippen LogP contribution in [0.4, 0.5) is 5.69 Å². The van der Waals surface area contributed by atoms with Crippen LogP contribution >= 0.6 is 11.6 Å². The van der Waals surface area contributed by atoms with E-state index < -0.39 is 11.6 Å². The number of hydrogen-bond donors (Lipinski definition) is 2. The molecule has 1 unspecified atom stereocenters. The van der Waals surface area contributed by atoms with Crippen molar-refractivity contribution in [3.05, 3.63) is 87.4 Å². The number of methoxy groups -OCH3 is 1. The first-order valence-corrected chi connectivity index (χ1v) is 9.49. The van der Waals surface area contributed by atoms with E-state index in [2.05, 4.69) is 5.32 Å². The van der Waals surface area contributed by atoms with E-state index >= 15 is 0 Å². The molecule has 148 valence electrons. The molecule has 0 radical (unpaired) electrons. The summed E-state index contributed by atoms with van der Waals surface area (Å²) in [6.45, 7) is 1.84. The maximum absolute atomic E-state index is 12.8. The van der Waals surface area contributed by atoms with Gasteiger partial charge >= 0.3 is 5.97 Å². The lowest BCUT2D eigenvalue weighted by atomic mass is 9.78. The smallest absolute Gasteiger partial charge is 0.340 e. The Morgan fingerprint density at radius 3 is 2.55 bits per heavy atom. The summed E-state index contributed by atoms with van der Waals surface area (Å²) in [6, 6.07) is 15.9. The number of benzene rings is 3. The molecule has 6 heteroatoms. The van der Waals surface area contributed by atoms with Crippen LogP contribution in [-0.2, 0) is 10.3 Å². The molecular weight excluding hydrogens is 390 g/mol. The number of halogens is 1. The number of aromatic hydroxyl groups is 1. The number of phenols is 1. The molecule has 3 aromatic rings. The maximum atomic E-state index is 12.8. The summed E-state index contributed by atoms with van der Waals surface area (Å²) in [4.78, 5) is 12.8. The maximum Gasteiger partial charge on any atom is 0.340 e. The van der Waals surface area contributed by atoms with Gasteiger partial charge in [0.1, 0.15) is 11.5 Å². The van der Waals surface area contributed by atoms with E-state index in [1.165, 1.54) is 6.07 Å². The van der Waals surface area contributed by atoms with E-state index in [1.54, 1.807) is 25.3 Å². The Morgan fingerprint density at radius 1 is 1.07 bits per heavy atom. The van der Waals surface area contributed by atoms with Crippen molar-refractivity contribution in [3.63, 3.8) is 0 Å². The lowest BCUT2D eigenvalue weighted by Gasteiger charge is -2.32. The molecule has 29 heavy (non-hydrogen) atoms. The van der Waals surface area contributed by atoms with Crippen LogP contribution in [0.25, 0.3) is 0 Å². The summed E-state index contributed by atoms with van der Waals surface area (Å²) < 4.78 is 11.7. The highest BCUT2D eigenvalue weighted by Gasteiger charge is 2.51. The first-order valence-electron chi connectivity index (χ1n) is 9.11. The second kappa shape index (κ2) is 7.01. The van der Waals surface area contributed by atoms with Gasteiger partial charge in [-0.05, 0) is 42.8 Å². The number of fused-ring (bicyclic) bond motifs is 1. The molecule has 5 nitrogen and oxygen atoms in total. The first-order chi connectivity index (χ1) is 13.9. The standard InChI is InChI=1S/C23H20ClNO4/c1-13-10-18(20(26)12-19(13)24)23(16-7-5-4-6-15(16)22(27)29-23)17-9-8-14(25-2)11-21(17)28-3/h4-12,25-26H,1-3H3. The number of carbonyl (C=O) groups is 1. The zero-order valence-corrected chi connectivity index (χ0v) is 17.0. The number of phenolic OH excluding ortho intramolecular Hbond substituents is 1. The number of ether oxygens (including phenoxy) is 2. The number of esters is 1. The van der Waals surface area contributed by atoms with Crippen LogP contribution in [0.2, 0.25) is 5.02 Å². The van der Waals surface area contributed by atoms with Crippen LogP contribution in [0.1, 0.15) is 32.6 Å². The summed E-state index contributed by atoms with van der Waals surface area (Å²) >= 11 is 6.21. The summed E-state index contributed by atoms with van der Waals surface area (Å²) in [5.41, 5.74) is 2.34. The second-order valence-corrected chi connectivity index (χ2v) is 7.31. The van der Waals surface area contributed by atoms with Gasteiger partial charge in [0.15, 0.2) is 5.60 Å². The van der Waals surface area contributed by atoms with Gasteiger partial charge in [0.05, 0.1) is 12.7 Å². The van der Waals surface area contributed by atoms with Crippen molar-refractivity contribution in [2.24, 2.45) is 0 Å². The van der Waals surface area contributed by atoms with Crippen molar-refractivity contribution in [2.75, 3.05) is 19.5 Å². The molecule has 3 aromatic carbocycles. The largest absolute Gasteiger partial charge is 0.507 e. The molecule has 0 fully saturated rings. The van der Waals surface area contributed by atoms with Crippen molar-refractivity contribution in [1.82, 2.24) is 0 Å². The molecule has 1 aliphatic heterocycles. The fourth-order valence-corrected chi connectivity index (χ4v) is 4.01. The quantitative estimate of drug-likeness (QED) is 0.602. The molecule has 1 aliphatic rings. The fraction of sp³-hybridized carbons (Fsp3) is 0.174. The molecule has 0 amide bonds. The predicted molar refractivity (Wildman–Crippen MR) is 112 cm³/mol. The Labute approximate surface area is 173 Å². The molecule has 0 spiro atoms. The van der Waals surface area contributed by atoms with Crippen molar-refractivity contribution in [1.29, 1.82) is 0 Å². The lowest BCUT2D eigenvalue weighted by molar-refractivity contribution is 0.0239. The predicted octanol–water partition coefficient (Wildman–Crippen LogP) is 4.87. The Balaban J connectivity index is 2.12. The monoisotopic (exact) mass is 409 g/mol. The number of hydrogen-bond acceptors (Lipinski definition) is 5. The molecule has 2 N–H and O–H groups in total. The third-order valence-electron chi connectivity index (χ3n) is 5.30.